The number of benzene rings is 2. The van der Waals surface area contributed by atoms with Crippen LogP contribution in [0.4, 0.5) is 0 Å². The van der Waals surface area contributed by atoms with Gasteiger partial charge in [0, 0.05) is 18.5 Å². The molecule has 0 bridgehead atoms. The molecule has 184 valence electrons. The van der Waals surface area contributed by atoms with Gasteiger partial charge in [0.1, 0.15) is 12.4 Å². The number of fused-ring (bicyclic) bond motifs is 1. The monoisotopic (exact) mass is 534 g/mol. The Kier molecular flexibility index (Phi) is 11.3. The van der Waals surface area contributed by atoms with Crippen molar-refractivity contribution in [3.63, 3.8) is 0 Å². The van der Waals surface area contributed by atoms with Gasteiger partial charge in [0.25, 0.3) is 0 Å². The zero-order valence-electron chi connectivity index (χ0n) is 18.9. The molecule has 0 aliphatic heterocycles. The van der Waals surface area contributed by atoms with Crippen LogP contribution in [0.1, 0.15) is 55.2 Å². The second-order valence-electron chi connectivity index (χ2n) is 8.39. The Morgan fingerprint density at radius 1 is 1.12 bits per heavy atom. The molecule has 0 radical (unpaired) electrons. The smallest absolute Gasteiger partial charge is 0.211 e. The van der Waals surface area contributed by atoms with Gasteiger partial charge in [-0.25, -0.2) is 13.1 Å². The average molecular weight is 536 g/mol. The number of nitrogens with one attached hydrogen (secondary N) is 1. The summed E-state index contributed by atoms with van der Waals surface area (Å²) >= 11 is 12.3. The van der Waals surface area contributed by atoms with Gasteiger partial charge < -0.3 is 10.5 Å². The lowest BCUT2D eigenvalue weighted by Gasteiger charge is -2.32. The summed E-state index contributed by atoms with van der Waals surface area (Å²) in [6.07, 6.45) is 5.22. The summed E-state index contributed by atoms with van der Waals surface area (Å²) in [7, 11) is -3.25. The normalized spacial score (nSPS) is 17.8. The largest absolute Gasteiger partial charge is 0.492 e. The molecule has 0 aromatic heterocycles. The molecule has 0 saturated carbocycles. The quantitative estimate of drug-likeness (QED) is 0.372. The first-order valence-corrected chi connectivity index (χ1v) is 13.6. The van der Waals surface area contributed by atoms with Gasteiger partial charge in [0.2, 0.25) is 10.0 Å². The lowest BCUT2D eigenvalue weighted by molar-refractivity contribution is 0.321. The highest BCUT2D eigenvalue weighted by Gasteiger charge is 2.28. The minimum Gasteiger partial charge on any atom is -0.492 e. The molecule has 2 atom stereocenters. The Hall–Kier alpha value is -1.02. The van der Waals surface area contributed by atoms with Crippen LogP contribution >= 0.6 is 35.6 Å². The van der Waals surface area contributed by atoms with E-state index in [-0.39, 0.29) is 43.3 Å². The van der Waals surface area contributed by atoms with Crippen molar-refractivity contribution < 1.29 is 13.2 Å². The lowest BCUT2D eigenvalue weighted by atomic mass is 9.76. The van der Waals surface area contributed by atoms with E-state index in [1.165, 1.54) is 11.1 Å². The van der Waals surface area contributed by atoms with Crippen LogP contribution in [0.25, 0.3) is 0 Å². The minimum absolute atomic E-state index is 0. The maximum Gasteiger partial charge on any atom is 0.211 e. The van der Waals surface area contributed by atoms with Crippen LogP contribution in [-0.4, -0.2) is 33.4 Å². The van der Waals surface area contributed by atoms with Crippen LogP contribution in [0.5, 0.6) is 5.75 Å². The van der Waals surface area contributed by atoms with Crippen LogP contribution < -0.4 is 15.2 Å². The first-order valence-electron chi connectivity index (χ1n) is 11.2. The molecular formula is C24H33Cl3N2O3S. The van der Waals surface area contributed by atoms with Crippen molar-refractivity contribution in [3.05, 3.63) is 63.1 Å². The number of hydrogen-bond donors (Lipinski definition) is 2. The number of ether oxygens (including phenoxy) is 1. The minimum atomic E-state index is -3.25. The Morgan fingerprint density at radius 2 is 1.91 bits per heavy atom. The summed E-state index contributed by atoms with van der Waals surface area (Å²) in [4.78, 5) is 0. The molecule has 0 saturated heterocycles. The number of aryl methyl sites for hydroxylation is 1. The zero-order chi connectivity index (χ0) is 23.1. The Labute approximate surface area is 213 Å². The fourth-order valence-corrected chi connectivity index (χ4v) is 5.60. The first kappa shape index (κ1) is 28.2. The summed E-state index contributed by atoms with van der Waals surface area (Å²) in [5.74, 6) is 1.03. The average Bonchev–Trinajstić information content (AvgIpc) is 2.76. The Morgan fingerprint density at radius 3 is 2.64 bits per heavy atom. The molecule has 3 N–H and O–H groups in total. The van der Waals surface area contributed by atoms with Gasteiger partial charge in [-0.1, -0.05) is 55.1 Å². The molecule has 0 fully saturated rings. The molecule has 0 spiro atoms. The summed E-state index contributed by atoms with van der Waals surface area (Å²) < 4.78 is 32.5. The van der Waals surface area contributed by atoms with E-state index in [0.29, 0.717) is 16.5 Å². The maximum absolute atomic E-state index is 12.0. The molecule has 3 rings (SSSR count). The fraction of sp³-hybridized carbons (Fsp3) is 0.500. The highest BCUT2D eigenvalue weighted by Crippen LogP contribution is 2.36. The molecule has 2 aromatic rings. The third-order valence-corrected chi connectivity index (χ3v) is 8.14. The van der Waals surface area contributed by atoms with Crippen molar-refractivity contribution in [2.24, 2.45) is 5.73 Å². The van der Waals surface area contributed by atoms with Crippen LogP contribution in [0.2, 0.25) is 10.0 Å². The van der Waals surface area contributed by atoms with Crippen LogP contribution in [0.15, 0.2) is 36.4 Å². The third kappa shape index (κ3) is 8.30. The summed E-state index contributed by atoms with van der Waals surface area (Å²) in [5.41, 5.74) is 10.1. The zero-order valence-corrected chi connectivity index (χ0v) is 22.0. The van der Waals surface area contributed by atoms with Crippen molar-refractivity contribution in [3.8, 4) is 5.75 Å². The van der Waals surface area contributed by atoms with E-state index in [0.717, 1.165) is 43.4 Å². The van der Waals surface area contributed by atoms with E-state index in [9.17, 15) is 8.42 Å². The molecule has 0 heterocycles. The highest BCUT2D eigenvalue weighted by atomic mass is 35.5. The highest BCUT2D eigenvalue weighted by molar-refractivity contribution is 7.89. The van der Waals surface area contributed by atoms with Gasteiger partial charge in [-0.15, -0.1) is 12.4 Å². The topological polar surface area (TPSA) is 81.4 Å². The summed E-state index contributed by atoms with van der Waals surface area (Å²) in [6.45, 7) is 2.57. The first-order chi connectivity index (χ1) is 15.3. The number of nitrogens with two attached hydrogens (primary N) is 1. The molecule has 9 heteroatoms. The molecule has 33 heavy (non-hydrogen) atoms. The van der Waals surface area contributed by atoms with E-state index in [1.54, 1.807) is 0 Å². The van der Waals surface area contributed by atoms with E-state index >= 15 is 0 Å². The van der Waals surface area contributed by atoms with Crippen molar-refractivity contribution in [1.82, 2.24) is 4.72 Å². The predicted molar refractivity (Wildman–Crippen MR) is 140 cm³/mol. The lowest BCUT2D eigenvalue weighted by Crippen LogP contribution is -2.34. The van der Waals surface area contributed by atoms with E-state index in [4.69, 9.17) is 33.7 Å². The SMILES string of the molecule is CCCCCS(=O)(=O)NCCOc1ccc2c(c1)C(Cc1ccc(Cl)c(Cl)c1)C(N)CC2.Cl. The van der Waals surface area contributed by atoms with Gasteiger partial charge in [0.05, 0.1) is 15.8 Å². The molecule has 2 unspecified atom stereocenters. The fourth-order valence-electron chi connectivity index (χ4n) is 4.15. The van der Waals surface area contributed by atoms with Gasteiger partial charge in [-0.05, 0) is 66.6 Å². The number of halogens is 3. The third-order valence-electron chi connectivity index (χ3n) is 5.93. The van der Waals surface area contributed by atoms with E-state index in [1.807, 2.05) is 30.3 Å². The number of unbranched alkanes of at least 4 members (excludes halogenated alkanes) is 2. The van der Waals surface area contributed by atoms with Gasteiger partial charge in [-0.2, -0.15) is 0 Å². The van der Waals surface area contributed by atoms with Crippen LogP contribution in [-0.2, 0) is 22.9 Å². The number of rotatable bonds is 11. The summed E-state index contributed by atoms with van der Waals surface area (Å²) in [6, 6.07) is 11.8. The standard InChI is InChI=1S/C24H32Cl2N2O3S.ClH/c1-2-3-4-13-32(29,30)28-11-12-31-19-8-6-18-7-10-24(27)21(20(18)16-19)14-17-5-9-22(25)23(26)15-17;/h5-6,8-9,15-16,21,24,28H,2-4,7,10-14,27H2,1H3;1H. The second kappa shape index (κ2) is 13.2. The van der Waals surface area contributed by atoms with Crippen molar-refractivity contribution in [1.29, 1.82) is 0 Å². The second-order valence-corrected chi connectivity index (χ2v) is 11.1. The number of hydrogen-bond acceptors (Lipinski definition) is 4. The molecule has 5 nitrogen and oxygen atoms in total. The molecule has 2 aromatic carbocycles. The van der Waals surface area contributed by atoms with Crippen LogP contribution in [0.3, 0.4) is 0 Å². The molecular weight excluding hydrogens is 503 g/mol. The maximum atomic E-state index is 12.0. The Balaban J connectivity index is 0.00000385. The van der Waals surface area contributed by atoms with Crippen LogP contribution in [0, 0.1) is 0 Å². The van der Waals surface area contributed by atoms with Gasteiger partial charge >= 0.3 is 0 Å². The van der Waals surface area contributed by atoms with E-state index < -0.39 is 10.0 Å². The van der Waals surface area contributed by atoms with Crippen molar-refractivity contribution in [2.45, 2.75) is 57.4 Å². The van der Waals surface area contributed by atoms with E-state index in [2.05, 4.69) is 17.7 Å². The van der Waals surface area contributed by atoms with Gasteiger partial charge in [-0.3, -0.25) is 0 Å². The van der Waals surface area contributed by atoms with Gasteiger partial charge in [0.15, 0.2) is 0 Å². The number of sulfonamides is 1. The summed E-state index contributed by atoms with van der Waals surface area (Å²) in [5, 5.41) is 1.09. The van der Waals surface area contributed by atoms with Crippen molar-refractivity contribution >= 4 is 45.6 Å². The molecule has 1 aliphatic carbocycles. The Bertz CT molecular complexity index is 1020. The van der Waals surface area contributed by atoms with Crippen molar-refractivity contribution in [2.75, 3.05) is 18.9 Å². The molecule has 1 aliphatic rings. The molecule has 0 amide bonds. The predicted octanol–water partition coefficient (Wildman–Crippen LogP) is 5.50.